The highest BCUT2D eigenvalue weighted by Gasteiger charge is 2.17. The van der Waals surface area contributed by atoms with Crippen LogP contribution in [0.4, 0.5) is 5.69 Å². The average Bonchev–Trinajstić information content (AvgIpc) is 3.06. The Kier molecular flexibility index (Phi) is 8.79. The second kappa shape index (κ2) is 11.8. The van der Waals surface area contributed by atoms with Crippen LogP contribution in [0.2, 0.25) is 0 Å². The van der Waals surface area contributed by atoms with Crippen LogP contribution < -0.4 is 20.3 Å². The zero-order chi connectivity index (χ0) is 22.9. The van der Waals surface area contributed by atoms with Gasteiger partial charge in [0.1, 0.15) is 5.75 Å². The summed E-state index contributed by atoms with van der Waals surface area (Å²) in [6.07, 6.45) is 1.10. The largest absolute Gasteiger partial charge is 0.497 e. The molecular weight excluding hydrogens is 402 g/mol. The van der Waals surface area contributed by atoms with Crippen molar-refractivity contribution in [3.05, 3.63) is 41.2 Å². The molecule has 1 fully saturated rings. The second-order valence-corrected chi connectivity index (χ2v) is 8.28. The lowest BCUT2D eigenvalue weighted by Crippen LogP contribution is -2.47. The van der Waals surface area contributed by atoms with Gasteiger partial charge in [-0.1, -0.05) is 0 Å². The van der Waals surface area contributed by atoms with E-state index in [1.54, 1.807) is 7.11 Å². The number of guanidine groups is 1. The second-order valence-electron chi connectivity index (χ2n) is 8.28. The maximum atomic E-state index is 5.26. The first-order valence-corrected chi connectivity index (χ1v) is 11.6. The number of methoxy groups -OCH3 is 1. The summed E-state index contributed by atoms with van der Waals surface area (Å²) in [5.41, 5.74) is 4.71. The molecule has 3 rings (SSSR count). The normalized spacial score (nSPS) is 15.2. The molecule has 0 bridgehead atoms. The van der Waals surface area contributed by atoms with E-state index in [9.17, 15) is 0 Å². The summed E-state index contributed by atoms with van der Waals surface area (Å²) in [6, 6.07) is 8.37. The molecule has 1 aromatic carbocycles. The number of aromatic nitrogens is 2. The number of anilines is 1. The van der Waals surface area contributed by atoms with Crippen molar-refractivity contribution in [2.45, 2.75) is 33.7 Å². The summed E-state index contributed by atoms with van der Waals surface area (Å²) in [5.74, 6) is 1.78. The van der Waals surface area contributed by atoms with Crippen LogP contribution in [0.5, 0.6) is 5.75 Å². The van der Waals surface area contributed by atoms with Gasteiger partial charge < -0.3 is 20.3 Å². The maximum absolute atomic E-state index is 5.26. The number of hydrogen-bond donors (Lipinski definition) is 2. The molecule has 2 aromatic rings. The zero-order valence-electron chi connectivity index (χ0n) is 20.3. The number of aryl methyl sites for hydroxylation is 2. The van der Waals surface area contributed by atoms with E-state index < -0.39 is 0 Å². The fourth-order valence-electron chi connectivity index (χ4n) is 4.08. The highest BCUT2D eigenvalue weighted by atomic mass is 16.5. The van der Waals surface area contributed by atoms with Crippen molar-refractivity contribution in [2.75, 3.05) is 57.8 Å². The summed E-state index contributed by atoms with van der Waals surface area (Å²) < 4.78 is 7.19. The SMILES string of the molecule is CCNC(=NCc1c(C)nn(C)c1C)NCCCN1CCN(c2ccc(OC)cc2)CC1. The van der Waals surface area contributed by atoms with E-state index in [2.05, 4.69) is 51.5 Å². The van der Waals surface area contributed by atoms with E-state index in [0.29, 0.717) is 6.54 Å². The molecule has 0 atom stereocenters. The van der Waals surface area contributed by atoms with Crippen molar-refractivity contribution in [2.24, 2.45) is 12.0 Å². The first kappa shape index (κ1) is 23.9. The molecule has 0 spiro atoms. The Morgan fingerprint density at radius 1 is 1.09 bits per heavy atom. The zero-order valence-corrected chi connectivity index (χ0v) is 20.3. The third kappa shape index (κ3) is 6.38. The molecule has 0 unspecified atom stereocenters. The molecule has 176 valence electrons. The Bertz CT molecular complexity index is 867. The van der Waals surface area contributed by atoms with Gasteiger partial charge >= 0.3 is 0 Å². The Hall–Kier alpha value is -2.74. The number of nitrogens with zero attached hydrogens (tertiary/aromatic N) is 5. The predicted molar refractivity (Wildman–Crippen MR) is 132 cm³/mol. The fraction of sp³-hybridized carbons (Fsp3) is 0.583. The minimum Gasteiger partial charge on any atom is -0.497 e. The van der Waals surface area contributed by atoms with Crippen molar-refractivity contribution in [3.63, 3.8) is 0 Å². The van der Waals surface area contributed by atoms with Gasteiger partial charge in [0, 0.05) is 63.3 Å². The van der Waals surface area contributed by atoms with Crippen LogP contribution in [0.25, 0.3) is 0 Å². The quantitative estimate of drug-likeness (QED) is 0.354. The van der Waals surface area contributed by atoms with Crippen LogP contribution in [0.1, 0.15) is 30.3 Å². The fourth-order valence-corrected chi connectivity index (χ4v) is 4.08. The number of benzene rings is 1. The van der Waals surface area contributed by atoms with Crippen molar-refractivity contribution in [1.29, 1.82) is 0 Å². The molecule has 1 saturated heterocycles. The van der Waals surface area contributed by atoms with Gasteiger partial charge in [0.15, 0.2) is 5.96 Å². The van der Waals surface area contributed by atoms with Crippen LogP contribution in [-0.2, 0) is 13.6 Å². The third-order valence-corrected chi connectivity index (χ3v) is 6.15. The van der Waals surface area contributed by atoms with Crippen LogP contribution in [0.15, 0.2) is 29.3 Å². The van der Waals surface area contributed by atoms with Gasteiger partial charge in [-0.05, 0) is 58.0 Å². The summed E-state index contributed by atoms with van der Waals surface area (Å²) in [6.45, 7) is 14.1. The molecule has 1 aromatic heterocycles. The smallest absolute Gasteiger partial charge is 0.191 e. The number of hydrogen-bond acceptors (Lipinski definition) is 5. The van der Waals surface area contributed by atoms with Gasteiger partial charge in [-0.15, -0.1) is 0 Å². The third-order valence-electron chi connectivity index (χ3n) is 6.15. The highest BCUT2D eigenvalue weighted by molar-refractivity contribution is 5.79. The first-order chi connectivity index (χ1) is 15.5. The van der Waals surface area contributed by atoms with Gasteiger partial charge in [0.05, 0.1) is 19.3 Å². The summed E-state index contributed by atoms with van der Waals surface area (Å²) in [5, 5.41) is 11.3. The molecule has 8 nitrogen and oxygen atoms in total. The minimum atomic E-state index is 0.647. The number of rotatable bonds is 9. The Balaban J connectivity index is 1.39. The van der Waals surface area contributed by atoms with Crippen molar-refractivity contribution in [1.82, 2.24) is 25.3 Å². The number of nitrogens with one attached hydrogen (secondary N) is 2. The van der Waals surface area contributed by atoms with Crippen LogP contribution in [0, 0.1) is 13.8 Å². The van der Waals surface area contributed by atoms with E-state index in [4.69, 9.17) is 9.73 Å². The minimum absolute atomic E-state index is 0.647. The molecule has 0 saturated carbocycles. The molecule has 2 heterocycles. The van der Waals surface area contributed by atoms with Crippen molar-refractivity contribution >= 4 is 11.6 Å². The van der Waals surface area contributed by atoms with Crippen LogP contribution in [-0.4, -0.2) is 73.6 Å². The van der Waals surface area contributed by atoms with Crippen LogP contribution >= 0.6 is 0 Å². The summed E-state index contributed by atoms with van der Waals surface area (Å²) >= 11 is 0. The standard InChI is InChI=1S/C24H39N7O/c1-6-25-24(27-18-23-19(2)28-29(4)20(23)3)26-12-7-13-30-14-16-31(17-15-30)21-8-10-22(32-5)11-9-21/h8-11H,6-7,12-18H2,1-5H3,(H2,25,26,27). The average molecular weight is 442 g/mol. The van der Waals surface area contributed by atoms with E-state index in [-0.39, 0.29) is 0 Å². The Morgan fingerprint density at radius 2 is 1.81 bits per heavy atom. The van der Waals surface area contributed by atoms with Gasteiger partial charge in [-0.2, -0.15) is 5.10 Å². The highest BCUT2D eigenvalue weighted by Crippen LogP contribution is 2.20. The molecule has 32 heavy (non-hydrogen) atoms. The lowest BCUT2D eigenvalue weighted by atomic mass is 10.2. The van der Waals surface area contributed by atoms with Crippen molar-refractivity contribution < 1.29 is 4.74 Å². The Morgan fingerprint density at radius 3 is 2.41 bits per heavy atom. The van der Waals surface area contributed by atoms with Gasteiger partial charge in [0.2, 0.25) is 0 Å². The molecule has 0 aliphatic carbocycles. The number of aliphatic imine (C=N–C) groups is 1. The summed E-state index contributed by atoms with van der Waals surface area (Å²) in [4.78, 5) is 9.77. The maximum Gasteiger partial charge on any atom is 0.191 e. The van der Waals surface area contributed by atoms with E-state index >= 15 is 0 Å². The lowest BCUT2D eigenvalue weighted by Gasteiger charge is -2.36. The molecule has 8 heteroatoms. The van der Waals surface area contributed by atoms with Gasteiger partial charge in [0.25, 0.3) is 0 Å². The monoisotopic (exact) mass is 441 g/mol. The topological polar surface area (TPSA) is 70.0 Å². The van der Waals surface area contributed by atoms with Crippen LogP contribution in [0.3, 0.4) is 0 Å². The molecule has 0 radical (unpaired) electrons. The van der Waals surface area contributed by atoms with E-state index in [1.165, 1.54) is 16.9 Å². The molecule has 2 N–H and O–H groups in total. The first-order valence-electron chi connectivity index (χ1n) is 11.6. The molecular formula is C24H39N7O. The van der Waals surface area contributed by atoms with Gasteiger partial charge in [-0.25, -0.2) is 4.99 Å². The number of piperazine rings is 1. The van der Waals surface area contributed by atoms with E-state index in [0.717, 1.165) is 69.6 Å². The van der Waals surface area contributed by atoms with E-state index in [1.807, 2.05) is 30.8 Å². The lowest BCUT2D eigenvalue weighted by molar-refractivity contribution is 0.255. The Labute approximate surface area is 192 Å². The van der Waals surface area contributed by atoms with Crippen molar-refractivity contribution in [3.8, 4) is 5.75 Å². The molecule has 1 aliphatic heterocycles. The molecule has 0 amide bonds. The number of ether oxygens (including phenoxy) is 1. The summed E-state index contributed by atoms with van der Waals surface area (Å²) in [7, 11) is 3.69. The predicted octanol–water partition coefficient (Wildman–Crippen LogP) is 2.31. The van der Waals surface area contributed by atoms with Gasteiger partial charge in [-0.3, -0.25) is 9.58 Å². The molecule has 1 aliphatic rings.